The highest BCUT2D eigenvalue weighted by Gasteiger charge is 2.25. The molecule has 0 heterocycles. The second-order valence-corrected chi connectivity index (χ2v) is 17.7. The fraction of sp³-hybridized carbons (Fsp3) is 0.755. The van der Waals surface area contributed by atoms with Crippen LogP contribution in [0.25, 0.3) is 0 Å². The summed E-state index contributed by atoms with van der Waals surface area (Å²) in [6.45, 7) is 4.49. The maximum atomic E-state index is 12.7. The molecule has 0 saturated carbocycles. The van der Waals surface area contributed by atoms with Gasteiger partial charge in [0.05, 0.1) is 40.3 Å². The number of quaternary nitrogens is 1. The molecule has 352 valence electrons. The van der Waals surface area contributed by atoms with E-state index in [-0.39, 0.29) is 43.1 Å². The number of carbonyl (C=O) groups is 3. The van der Waals surface area contributed by atoms with Crippen molar-refractivity contribution in [2.75, 3.05) is 41.0 Å². The fourth-order valence-corrected chi connectivity index (χ4v) is 7.12. The lowest BCUT2D eigenvalue weighted by molar-refractivity contribution is -0.889. The lowest BCUT2D eigenvalue weighted by Gasteiger charge is -2.34. The van der Waals surface area contributed by atoms with Gasteiger partial charge in [-0.1, -0.05) is 203 Å². The molecule has 0 aromatic heterocycles. The molecule has 61 heavy (non-hydrogen) atoms. The van der Waals surface area contributed by atoms with E-state index in [9.17, 15) is 19.5 Å². The predicted octanol–water partition coefficient (Wildman–Crippen LogP) is 12.8. The molecule has 0 amide bonds. The molecule has 0 saturated heterocycles. The molecule has 0 N–H and O–H groups in total. The summed E-state index contributed by atoms with van der Waals surface area (Å²) in [5.74, 6) is -1.84. The first-order valence-electron chi connectivity index (χ1n) is 24.8. The van der Waals surface area contributed by atoms with Crippen LogP contribution in [-0.2, 0) is 28.6 Å². The van der Waals surface area contributed by atoms with Crippen molar-refractivity contribution < 1.29 is 38.2 Å². The molecular weight excluding hydrogens is 763 g/mol. The number of allylic oxidation sites excluding steroid dienone is 10. The van der Waals surface area contributed by atoms with Gasteiger partial charge in [0.1, 0.15) is 12.6 Å². The highest BCUT2D eigenvalue weighted by atomic mass is 16.6. The van der Waals surface area contributed by atoms with Crippen LogP contribution in [0.3, 0.4) is 0 Å². The summed E-state index contributed by atoms with van der Waals surface area (Å²) in [5.41, 5.74) is 0. The van der Waals surface area contributed by atoms with Crippen molar-refractivity contribution in [1.82, 2.24) is 0 Å². The fourth-order valence-electron chi connectivity index (χ4n) is 7.12. The van der Waals surface area contributed by atoms with E-state index in [4.69, 9.17) is 14.2 Å². The minimum atomic E-state index is -1.14. The summed E-state index contributed by atoms with van der Waals surface area (Å²) >= 11 is 0. The number of rotatable bonds is 44. The Bertz CT molecular complexity index is 1180. The van der Waals surface area contributed by atoms with Gasteiger partial charge in [0.2, 0.25) is 0 Å². The normalized spacial score (nSPS) is 13.4. The summed E-state index contributed by atoms with van der Waals surface area (Å²) in [5, 5.41) is 11.6. The van der Waals surface area contributed by atoms with Crippen molar-refractivity contribution in [2.24, 2.45) is 0 Å². The molecule has 2 unspecified atom stereocenters. The number of nitrogens with zero attached hydrogens (tertiary/aromatic N) is 1. The maximum absolute atomic E-state index is 12.7. The average Bonchev–Trinajstić information content (AvgIpc) is 3.22. The number of likely N-dealkylation sites (N-methyl/N-ethyl adjacent to an activating group) is 1. The zero-order valence-electron chi connectivity index (χ0n) is 40.1. The largest absolute Gasteiger partial charge is 0.544 e. The number of unbranched alkanes of at least 4 members (excludes halogenated alkanes) is 20. The van der Waals surface area contributed by atoms with E-state index in [0.29, 0.717) is 12.8 Å². The third-order valence-electron chi connectivity index (χ3n) is 10.9. The molecule has 0 aliphatic carbocycles. The SMILES string of the molecule is CC/C=C/C/C=C/C/C=C/C/C=C/C/C=C/CCC(=O)OC(COCCC(C(=O)[O-])[N+](C)(C)C)COC(=O)CCCCCCCCCCCCCCCCCCCCCCC. The third kappa shape index (κ3) is 42.1. The summed E-state index contributed by atoms with van der Waals surface area (Å²) in [6, 6.07) is -0.740. The van der Waals surface area contributed by atoms with E-state index in [1.807, 2.05) is 12.2 Å². The Balaban J connectivity index is 4.31. The summed E-state index contributed by atoms with van der Waals surface area (Å²) in [6.07, 6.45) is 54.2. The van der Waals surface area contributed by atoms with Crippen molar-refractivity contribution in [3.63, 3.8) is 0 Å². The number of carbonyl (C=O) groups excluding carboxylic acids is 3. The third-order valence-corrected chi connectivity index (χ3v) is 10.9. The minimum Gasteiger partial charge on any atom is -0.544 e. The Morgan fingerprint density at radius 3 is 1.33 bits per heavy atom. The van der Waals surface area contributed by atoms with Crippen LogP contribution < -0.4 is 5.11 Å². The highest BCUT2D eigenvalue weighted by Crippen LogP contribution is 2.16. The quantitative estimate of drug-likeness (QED) is 0.0260. The van der Waals surface area contributed by atoms with Crippen LogP contribution in [-0.4, -0.2) is 75.5 Å². The molecule has 8 heteroatoms. The number of hydrogen-bond acceptors (Lipinski definition) is 7. The second kappa shape index (κ2) is 43.7. The van der Waals surface area contributed by atoms with Gasteiger partial charge in [-0.25, -0.2) is 0 Å². The van der Waals surface area contributed by atoms with E-state index in [1.165, 1.54) is 116 Å². The van der Waals surface area contributed by atoms with E-state index < -0.39 is 24.1 Å². The lowest BCUT2D eigenvalue weighted by atomic mass is 10.0. The smallest absolute Gasteiger partial charge is 0.306 e. The molecule has 2 atom stereocenters. The molecule has 0 aliphatic heterocycles. The van der Waals surface area contributed by atoms with Crippen LogP contribution in [0.5, 0.6) is 0 Å². The molecular formula is C53H93NO7. The Kier molecular flexibility index (Phi) is 41.5. The Hall–Kier alpha value is -2.97. The molecule has 8 nitrogen and oxygen atoms in total. The Labute approximate surface area is 375 Å². The van der Waals surface area contributed by atoms with Crippen LogP contribution >= 0.6 is 0 Å². The number of carboxylic acid groups (broad SMARTS) is 1. The standard InChI is InChI=1S/C53H93NO7/c1-6-8-10-12-14-16-18-20-22-24-25-26-27-28-30-31-33-35-37-39-41-43-51(55)60-48-49(47-59-46-45-50(53(57)58)54(3,4)5)61-52(56)44-42-40-38-36-34-32-29-23-21-19-17-15-13-11-9-7-2/h9,11,15,17,21,23,32,34,38,40,49-50H,6-8,10,12-14,16,18-20,22,24-31,33,35-37,39,41-48H2,1-5H3/b11-9+,17-15+,23-21+,34-32+,40-38+. The molecule has 0 aromatic carbocycles. The molecule has 0 radical (unpaired) electrons. The van der Waals surface area contributed by atoms with Crippen LogP contribution in [0, 0.1) is 0 Å². The number of carboxylic acids is 1. The summed E-state index contributed by atoms with van der Waals surface area (Å²) in [7, 11) is 5.39. The summed E-state index contributed by atoms with van der Waals surface area (Å²) < 4.78 is 17.1. The van der Waals surface area contributed by atoms with Crippen molar-refractivity contribution in [3.05, 3.63) is 60.8 Å². The number of esters is 2. The molecule has 0 fully saturated rings. The Morgan fingerprint density at radius 1 is 0.508 bits per heavy atom. The monoisotopic (exact) mass is 856 g/mol. The van der Waals surface area contributed by atoms with Crippen LogP contribution in [0.2, 0.25) is 0 Å². The second-order valence-electron chi connectivity index (χ2n) is 17.7. The van der Waals surface area contributed by atoms with Crippen LogP contribution in [0.15, 0.2) is 60.8 Å². The first-order valence-corrected chi connectivity index (χ1v) is 24.8. The van der Waals surface area contributed by atoms with Gasteiger partial charge in [-0.05, 0) is 44.9 Å². The number of hydrogen-bond donors (Lipinski definition) is 0. The van der Waals surface area contributed by atoms with Gasteiger partial charge in [0, 0.05) is 19.3 Å². The minimum absolute atomic E-state index is 0.0109. The maximum Gasteiger partial charge on any atom is 0.306 e. The topological polar surface area (TPSA) is 102 Å². The van der Waals surface area contributed by atoms with Gasteiger partial charge in [-0.2, -0.15) is 0 Å². The first kappa shape index (κ1) is 58.0. The molecule has 0 bridgehead atoms. The van der Waals surface area contributed by atoms with Gasteiger partial charge in [0.25, 0.3) is 0 Å². The van der Waals surface area contributed by atoms with E-state index in [2.05, 4.69) is 62.5 Å². The zero-order chi connectivity index (χ0) is 44.9. The van der Waals surface area contributed by atoms with Crippen LogP contribution in [0.4, 0.5) is 0 Å². The van der Waals surface area contributed by atoms with Gasteiger partial charge in [-0.15, -0.1) is 0 Å². The van der Waals surface area contributed by atoms with E-state index >= 15 is 0 Å². The van der Waals surface area contributed by atoms with Crippen LogP contribution in [0.1, 0.15) is 206 Å². The summed E-state index contributed by atoms with van der Waals surface area (Å²) in [4.78, 5) is 36.9. The van der Waals surface area contributed by atoms with Gasteiger partial charge >= 0.3 is 11.9 Å². The lowest BCUT2D eigenvalue weighted by Crippen LogP contribution is -2.55. The molecule has 0 spiro atoms. The molecule has 0 aromatic rings. The van der Waals surface area contributed by atoms with Crippen molar-refractivity contribution in [1.29, 1.82) is 0 Å². The van der Waals surface area contributed by atoms with Crippen molar-refractivity contribution in [2.45, 2.75) is 219 Å². The van der Waals surface area contributed by atoms with Gasteiger partial charge in [0.15, 0.2) is 6.10 Å². The van der Waals surface area contributed by atoms with E-state index in [1.54, 1.807) is 21.1 Å². The number of aliphatic carboxylic acids is 1. The first-order chi connectivity index (χ1) is 29.6. The molecule has 0 aliphatic rings. The van der Waals surface area contributed by atoms with E-state index in [0.717, 1.165) is 51.4 Å². The Morgan fingerprint density at radius 2 is 0.918 bits per heavy atom. The number of ether oxygens (including phenoxy) is 3. The highest BCUT2D eigenvalue weighted by molar-refractivity contribution is 5.70. The van der Waals surface area contributed by atoms with Gasteiger partial charge in [-0.3, -0.25) is 9.59 Å². The average molecular weight is 856 g/mol. The van der Waals surface area contributed by atoms with Crippen molar-refractivity contribution in [3.8, 4) is 0 Å². The predicted molar refractivity (Wildman–Crippen MR) is 254 cm³/mol. The zero-order valence-corrected chi connectivity index (χ0v) is 40.1. The van der Waals surface area contributed by atoms with Gasteiger partial charge < -0.3 is 28.6 Å². The molecule has 0 rings (SSSR count). The van der Waals surface area contributed by atoms with Crippen molar-refractivity contribution >= 4 is 17.9 Å².